The maximum absolute atomic E-state index is 10.9. The van der Waals surface area contributed by atoms with Gasteiger partial charge in [0.2, 0.25) is 0 Å². The van der Waals surface area contributed by atoms with E-state index in [2.05, 4.69) is 4.18 Å². The minimum atomic E-state index is -4.66. The third-order valence-corrected chi connectivity index (χ3v) is 3.23. The molecule has 7 heteroatoms. The molecule has 0 aliphatic carbocycles. The van der Waals surface area contributed by atoms with E-state index < -0.39 is 10.4 Å². The van der Waals surface area contributed by atoms with E-state index in [1.807, 2.05) is 30.3 Å². The SMILES string of the molecule is O=S(=O)(O)Oc1cc(CCO)ccc1OCc1ccccc1. The van der Waals surface area contributed by atoms with Crippen molar-refractivity contribution in [2.24, 2.45) is 0 Å². The van der Waals surface area contributed by atoms with Crippen LogP contribution in [0.25, 0.3) is 0 Å². The number of hydrogen-bond donors (Lipinski definition) is 2. The highest BCUT2D eigenvalue weighted by molar-refractivity contribution is 7.81. The molecule has 2 rings (SSSR count). The van der Waals surface area contributed by atoms with Crippen LogP contribution in [0.5, 0.6) is 11.5 Å². The molecule has 6 nitrogen and oxygen atoms in total. The van der Waals surface area contributed by atoms with Crippen LogP contribution in [-0.4, -0.2) is 24.7 Å². The zero-order valence-corrected chi connectivity index (χ0v) is 12.5. The molecule has 0 saturated carbocycles. The summed E-state index contributed by atoms with van der Waals surface area (Å²) >= 11 is 0. The molecule has 22 heavy (non-hydrogen) atoms. The number of aliphatic hydroxyl groups is 1. The summed E-state index contributed by atoms with van der Waals surface area (Å²) in [6.07, 6.45) is 0.334. The first kappa shape index (κ1) is 16.3. The fraction of sp³-hybridized carbons (Fsp3) is 0.200. The van der Waals surface area contributed by atoms with Crippen molar-refractivity contribution in [3.8, 4) is 11.5 Å². The maximum Gasteiger partial charge on any atom is 0.446 e. The molecule has 0 aliphatic rings. The Hall–Kier alpha value is -2.09. The zero-order chi connectivity index (χ0) is 16.0. The summed E-state index contributed by atoms with van der Waals surface area (Å²) in [5.41, 5.74) is 1.56. The third-order valence-electron chi connectivity index (χ3n) is 2.84. The van der Waals surface area contributed by atoms with E-state index in [4.69, 9.17) is 14.4 Å². The van der Waals surface area contributed by atoms with Gasteiger partial charge in [-0.25, -0.2) is 0 Å². The Labute approximate surface area is 128 Å². The summed E-state index contributed by atoms with van der Waals surface area (Å²) in [5.74, 6) is 0.0625. The van der Waals surface area contributed by atoms with Crippen molar-refractivity contribution in [3.05, 3.63) is 59.7 Å². The van der Waals surface area contributed by atoms with Crippen molar-refractivity contribution in [2.45, 2.75) is 13.0 Å². The Morgan fingerprint density at radius 3 is 2.32 bits per heavy atom. The molecule has 0 bridgehead atoms. The molecule has 0 spiro atoms. The van der Waals surface area contributed by atoms with Crippen LogP contribution in [0.3, 0.4) is 0 Å². The second-order valence-electron chi connectivity index (χ2n) is 4.54. The van der Waals surface area contributed by atoms with Crippen LogP contribution in [0.1, 0.15) is 11.1 Å². The van der Waals surface area contributed by atoms with Crippen molar-refractivity contribution in [3.63, 3.8) is 0 Å². The molecule has 0 amide bonds. The molecular weight excluding hydrogens is 308 g/mol. The van der Waals surface area contributed by atoms with Crippen molar-refractivity contribution < 1.29 is 27.0 Å². The highest BCUT2D eigenvalue weighted by Crippen LogP contribution is 2.30. The molecule has 2 aromatic carbocycles. The topological polar surface area (TPSA) is 93.1 Å². The first-order chi connectivity index (χ1) is 10.5. The van der Waals surface area contributed by atoms with Gasteiger partial charge in [0.05, 0.1) is 0 Å². The fourth-order valence-electron chi connectivity index (χ4n) is 1.87. The molecule has 0 radical (unpaired) electrons. The van der Waals surface area contributed by atoms with Crippen LogP contribution in [0.2, 0.25) is 0 Å². The van der Waals surface area contributed by atoms with E-state index in [1.54, 1.807) is 6.07 Å². The molecule has 0 atom stereocenters. The lowest BCUT2D eigenvalue weighted by Crippen LogP contribution is -2.09. The third kappa shape index (κ3) is 5.03. The minimum Gasteiger partial charge on any atom is -0.485 e. The van der Waals surface area contributed by atoms with Crippen molar-refractivity contribution in [1.29, 1.82) is 0 Å². The normalized spacial score (nSPS) is 11.2. The van der Waals surface area contributed by atoms with Gasteiger partial charge >= 0.3 is 10.4 Å². The largest absolute Gasteiger partial charge is 0.485 e. The van der Waals surface area contributed by atoms with Crippen LogP contribution < -0.4 is 8.92 Å². The van der Waals surface area contributed by atoms with Crippen LogP contribution >= 0.6 is 0 Å². The van der Waals surface area contributed by atoms with E-state index in [-0.39, 0.29) is 24.7 Å². The summed E-state index contributed by atoms with van der Waals surface area (Å²) in [5, 5.41) is 8.92. The predicted molar refractivity (Wildman–Crippen MR) is 80.2 cm³/mol. The van der Waals surface area contributed by atoms with Crippen molar-refractivity contribution in [1.82, 2.24) is 0 Å². The van der Waals surface area contributed by atoms with Crippen LogP contribution in [0.15, 0.2) is 48.5 Å². The first-order valence-corrected chi connectivity index (χ1v) is 7.92. The zero-order valence-electron chi connectivity index (χ0n) is 11.7. The highest BCUT2D eigenvalue weighted by Gasteiger charge is 2.14. The number of rotatable bonds is 7. The van der Waals surface area contributed by atoms with Gasteiger partial charge in [-0.05, 0) is 29.7 Å². The highest BCUT2D eigenvalue weighted by atomic mass is 32.3. The Morgan fingerprint density at radius 1 is 0.955 bits per heavy atom. The van der Waals surface area contributed by atoms with E-state index in [0.717, 1.165) is 5.56 Å². The predicted octanol–water partition coefficient (Wildman–Crippen LogP) is 1.98. The molecule has 0 saturated heterocycles. The molecular formula is C15H16O6S. The molecule has 118 valence electrons. The van der Waals surface area contributed by atoms with E-state index in [9.17, 15) is 8.42 Å². The molecule has 0 aromatic heterocycles. The number of benzene rings is 2. The summed E-state index contributed by atoms with van der Waals surface area (Å²) in [6, 6.07) is 14.0. The second kappa shape index (κ2) is 7.26. The Balaban J connectivity index is 2.21. The monoisotopic (exact) mass is 324 g/mol. The molecule has 0 heterocycles. The standard InChI is InChI=1S/C15H16O6S/c16-9-8-12-6-7-14(15(10-12)21-22(17,18)19)20-11-13-4-2-1-3-5-13/h1-7,10,16H,8-9,11H2,(H,17,18,19). The number of aliphatic hydroxyl groups excluding tert-OH is 1. The lowest BCUT2D eigenvalue weighted by Gasteiger charge is -2.12. The molecule has 0 aliphatic heterocycles. The summed E-state index contributed by atoms with van der Waals surface area (Å²) in [4.78, 5) is 0. The Kier molecular flexibility index (Phi) is 5.37. The second-order valence-corrected chi connectivity index (χ2v) is 5.56. The average Bonchev–Trinajstić information content (AvgIpc) is 2.46. The summed E-state index contributed by atoms with van der Waals surface area (Å²) in [7, 11) is -4.66. The van der Waals surface area contributed by atoms with Crippen LogP contribution in [-0.2, 0) is 23.4 Å². The van der Waals surface area contributed by atoms with E-state index in [1.165, 1.54) is 12.1 Å². The number of ether oxygens (including phenoxy) is 1. The van der Waals surface area contributed by atoms with Gasteiger partial charge in [-0.1, -0.05) is 36.4 Å². The van der Waals surface area contributed by atoms with Gasteiger partial charge in [-0.3, -0.25) is 4.55 Å². The minimum absolute atomic E-state index is 0.0878. The Morgan fingerprint density at radius 2 is 1.68 bits per heavy atom. The molecule has 0 fully saturated rings. The van der Waals surface area contributed by atoms with Crippen molar-refractivity contribution >= 4 is 10.4 Å². The van der Waals surface area contributed by atoms with Gasteiger partial charge in [0.25, 0.3) is 0 Å². The summed E-state index contributed by atoms with van der Waals surface area (Å²) < 4.78 is 40.8. The van der Waals surface area contributed by atoms with Crippen LogP contribution in [0, 0.1) is 0 Å². The first-order valence-electron chi connectivity index (χ1n) is 6.55. The van der Waals surface area contributed by atoms with Crippen LogP contribution in [0.4, 0.5) is 0 Å². The quantitative estimate of drug-likeness (QED) is 0.757. The van der Waals surface area contributed by atoms with Gasteiger partial charge in [0.15, 0.2) is 11.5 Å². The summed E-state index contributed by atoms with van der Waals surface area (Å²) in [6.45, 7) is 0.136. The van der Waals surface area contributed by atoms with Gasteiger partial charge in [0, 0.05) is 6.61 Å². The lowest BCUT2D eigenvalue weighted by molar-refractivity contribution is 0.290. The van der Waals surface area contributed by atoms with Gasteiger partial charge in [-0.2, -0.15) is 8.42 Å². The van der Waals surface area contributed by atoms with Gasteiger partial charge in [0.1, 0.15) is 6.61 Å². The smallest absolute Gasteiger partial charge is 0.446 e. The maximum atomic E-state index is 10.9. The number of hydrogen-bond acceptors (Lipinski definition) is 5. The molecule has 2 N–H and O–H groups in total. The fourth-order valence-corrected chi connectivity index (χ4v) is 2.23. The molecule has 2 aromatic rings. The lowest BCUT2D eigenvalue weighted by atomic mass is 10.1. The van der Waals surface area contributed by atoms with Gasteiger partial charge in [-0.15, -0.1) is 0 Å². The van der Waals surface area contributed by atoms with E-state index in [0.29, 0.717) is 12.0 Å². The Bertz CT molecular complexity index is 712. The van der Waals surface area contributed by atoms with E-state index >= 15 is 0 Å². The average molecular weight is 324 g/mol. The molecule has 0 unspecified atom stereocenters. The van der Waals surface area contributed by atoms with Crippen molar-refractivity contribution in [2.75, 3.05) is 6.61 Å². The van der Waals surface area contributed by atoms with Gasteiger partial charge < -0.3 is 14.0 Å².